The van der Waals surface area contributed by atoms with E-state index >= 15 is 0 Å². The number of aliphatic hydroxyl groups is 1. The van der Waals surface area contributed by atoms with Gasteiger partial charge in [0.05, 0.1) is 11.5 Å². The van der Waals surface area contributed by atoms with Crippen LogP contribution in [-0.4, -0.2) is 64.3 Å². The Morgan fingerprint density at radius 3 is 2.50 bits per heavy atom. The first-order valence-electron chi connectivity index (χ1n) is 7.35. The second-order valence-corrected chi connectivity index (χ2v) is 6.17. The van der Waals surface area contributed by atoms with Gasteiger partial charge < -0.3 is 20.0 Å². The molecule has 2 saturated heterocycles. The van der Waals surface area contributed by atoms with E-state index in [1.54, 1.807) is 9.80 Å². The van der Waals surface area contributed by atoms with E-state index in [4.69, 9.17) is 0 Å². The van der Waals surface area contributed by atoms with Crippen LogP contribution >= 0.6 is 0 Å². The first-order valence-corrected chi connectivity index (χ1v) is 7.35. The molecule has 6 nitrogen and oxygen atoms in total. The van der Waals surface area contributed by atoms with Gasteiger partial charge in [0.15, 0.2) is 0 Å². The van der Waals surface area contributed by atoms with Crippen molar-refractivity contribution in [3.63, 3.8) is 0 Å². The van der Waals surface area contributed by atoms with Crippen LogP contribution in [0.1, 0.15) is 33.1 Å². The van der Waals surface area contributed by atoms with Crippen LogP contribution in [0, 0.1) is 11.3 Å². The average molecular weight is 284 g/mol. The molecule has 0 aliphatic carbocycles. The summed E-state index contributed by atoms with van der Waals surface area (Å²) in [5, 5.41) is 19.2. The van der Waals surface area contributed by atoms with Crippen molar-refractivity contribution in [3.8, 4) is 0 Å². The number of β-amino-alcohol motifs (C(OH)–C–C–N with tert-alkyl or cyclic N) is 1. The average Bonchev–Trinajstić information content (AvgIpc) is 2.87. The molecule has 0 bridgehead atoms. The van der Waals surface area contributed by atoms with E-state index in [1.807, 2.05) is 13.8 Å². The van der Waals surface area contributed by atoms with Crippen molar-refractivity contribution < 1.29 is 19.8 Å². The third kappa shape index (κ3) is 2.61. The lowest BCUT2D eigenvalue weighted by Gasteiger charge is -2.36. The number of piperidine rings is 1. The molecule has 2 fully saturated rings. The van der Waals surface area contributed by atoms with Gasteiger partial charge in [0.2, 0.25) is 0 Å². The van der Waals surface area contributed by atoms with Crippen LogP contribution in [0.2, 0.25) is 0 Å². The number of carbonyl (C=O) groups is 2. The molecule has 0 aromatic rings. The van der Waals surface area contributed by atoms with Gasteiger partial charge in [0, 0.05) is 26.2 Å². The Labute approximate surface area is 119 Å². The quantitative estimate of drug-likeness (QED) is 0.792. The van der Waals surface area contributed by atoms with Crippen LogP contribution in [0.4, 0.5) is 4.79 Å². The lowest BCUT2D eigenvalue weighted by Crippen LogP contribution is -2.51. The van der Waals surface area contributed by atoms with Crippen molar-refractivity contribution >= 4 is 12.0 Å². The first-order chi connectivity index (χ1) is 9.39. The maximum absolute atomic E-state index is 12.4. The Bertz CT molecular complexity index is 401. The third-order valence-corrected chi connectivity index (χ3v) is 4.94. The van der Waals surface area contributed by atoms with Gasteiger partial charge >= 0.3 is 12.0 Å². The monoisotopic (exact) mass is 284 g/mol. The van der Waals surface area contributed by atoms with Gasteiger partial charge in [-0.05, 0) is 25.2 Å². The smallest absolute Gasteiger partial charge is 0.320 e. The Morgan fingerprint density at radius 1 is 1.30 bits per heavy atom. The van der Waals surface area contributed by atoms with Gasteiger partial charge in [-0.15, -0.1) is 0 Å². The van der Waals surface area contributed by atoms with Crippen molar-refractivity contribution in [1.82, 2.24) is 9.80 Å². The highest BCUT2D eigenvalue weighted by Crippen LogP contribution is 2.35. The molecule has 2 amide bonds. The first kappa shape index (κ1) is 15.1. The van der Waals surface area contributed by atoms with Crippen LogP contribution in [-0.2, 0) is 4.79 Å². The molecule has 0 saturated carbocycles. The molecule has 0 spiro atoms. The van der Waals surface area contributed by atoms with Gasteiger partial charge in [-0.3, -0.25) is 4.79 Å². The highest BCUT2D eigenvalue weighted by molar-refractivity contribution is 5.80. The molecule has 2 aliphatic rings. The van der Waals surface area contributed by atoms with Crippen LogP contribution in [0.5, 0.6) is 0 Å². The fourth-order valence-corrected chi connectivity index (χ4v) is 3.07. The number of hydrogen-bond acceptors (Lipinski definition) is 3. The number of nitrogens with zero attached hydrogens (tertiary/aromatic N) is 2. The summed E-state index contributed by atoms with van der Waals surface area (Å²) in [5.74, 6) is -0.603. The number of amides is 2. The van der Waals surface area contributed by atoms with E-state index in [9.17, 15) is 19.8 Å². The second kappa shape index (κ2) is 5.60. The summed E-state index contributed by atoms with van der Waals surface area (Å²) in [5.41, 5.74) is -0.794. The van der Waals surface area contributed by atoms with E-state index in [1.165, 1.54) is 0 Å². The zero-order valence-electron chi connectivity index (χ0n) is 12.2. The Balaban J connectivity index is 1.99. The number of likely N-dealkylation sites (tertiary alicyclic amines) is 2. The molecule has 114 valence electrons. The highest BCUT2D eigenvalue weighted by atomic mass is 16.4. The fourth-order valence-electron chi connectivity index (χ4n) is 3.07. The minimum absolute atomic E-state index is 0.132. The fraction of sp³-hybridized carbons (Fsp3) is 0.857. The lowest BCUT2D eigenvalue weighted by molar-refractivity contribution is -0.148. The molecule has 2 rings (SSSR count). The van der Waals surface area contributed by atoms with Gasteiger partial charge in [-0.25, -0.2) is 4.79 Å². The number of aliphatic hydroxyl groups excluding tert-OH is 1. The van der Waals surface area contributed by atoms with Crippen molar-refractivity contribution in [1.29, 1.82) is 0 Å². The summed E-state index contributed by atoms with van der Waals surface area (Å²) in [6, 6.07) is -0.132. The number of aliphatic carboxylic acids is 1. The lowest BCUT2D eigenvalue weighted by atomic mass is 9.84. The van der Waals surface area contributed by atoms with Crippen molar-refractivity contribution in [3.05, 3.63) is 0 Å². The maximum atomic E-state index is 12.4. The molecule has 3 atom stereocenters. The van der Waals surface area contributed by atoms with E-state index in [-0.39, 0.29) is 18.5 Å². The van der Waals surface area contributed by atoms with Crippen LogP contribution < -0.4 is 0 Å². The number of carboxylic acids is 1. The zero-order valence-corrected chi connectivity index (χ0v) is 12.2. The van der Waals surface area contributed by atoms with E-state index in [0.717, 1.165) is 6.42 Å². The minimum atomic E-state index is -0.817. The van der Waals surface area contributed by atoms with Crippen LogP contribution in [0.3, 0.4) is 0 Å². The number of urea groups is 1. The topological polar surface area (TPSA) is 81.1 Å². The second-order valence-electron chi connectivity index (χ2n) is 6.17. The van der Waals surface area contributed by atoms with Gasteiger partial charge in [-0.2, -0.15) is 0 Å². The summed E-state index contributed by atoms with van der Waals surface area (Å²) < 4.78 is 0. The Hall–Kier alpha value is -1.30. The van der Waals surface area contributed by atoms with Crippen molar-refractivity contribution in [2.24, 2.45) is 11.3 Å². The van der Waals surface area contributed by atoms with E-state index in [0.29, 0.717) is 32.5 Å². The Kier molecular flexibility index (Phi) is 4.22. The SMILES string of the molecule is CCC1(C(=O)O)CCN(C(=O)N2CCC(C)C(O)C2)C1. The number of rotatable bonds is 2. The van der Waals surface area contributed by atoms with Crippen LogP contribution in [0.15, 0.2) is 0 Å². The largest absolute Gasteiger partial charge is 0.481 e. The maximum Gasteiger partial charge on any atom is 0.320 e. The molecule has 0 radical (unpaired) electrons. The zero-order chi connectivity index (χ0) is 14.9. The van der Waals surface area contributed by atoms with Gasteiger partial charge in [-0.1, -0.05) is 13.8 Å². The van der Waals surface area contributed by atoms with Gasteiger partial charge in [0.25, 0.3) is 0 Å². The van der Waals surface area contributed by atoms with Crippen LogP contribution in [0.25, 0.3) is 0 Å². The Morgan fingerprint density at radius 2 is 2.00 bits per heavy atom. The highest BCUT2D eigenvalue weighted by Gasteiger charge is 2.46. The number of hydrogen-bond donors (Lipinski definition) is 2. The summed E-state index contributed by atoms with van der Waals surface area (Å²) >= 11 is 0. The predicted octanol–water partition coefficient (Wildman–Crippen LogP) is 0.996. The third-order valence-electron chi connectivity index (χ3n) is 4.94. The molecule has 0 aromatic carbocycles. The van der Waals surface area contributed by atoms with E-state index < -0.39 is 17.5 Å². The molecule has 2 heterocycles. The molecular weight excluding hydrogens is 260 g/mol. The summed E-state index contributed by atoms with van der Waals surface area (Å²) in [6.45, 7) is 5.59. The van der Waals surface area contributed by atoms with Gasteiger partial charge in [0.1, 0.15) is 0 Å². The van der Waals surface area contributed by atoms with E-state index in [2.05, 4.69) is 0 Å². The summed E-state index contributed by atoms with van der Waals surface area (Å²) in [6.07, 6.45) is 1.35. The predicted molar refractivity (Wildman–Crippen MR) is 73.3 cm³/mol. The van der Waals surface area contributed by atoms with Crippen molar-refractivity contribution in [2.75, 3.05) is 26.2 Å². The normalized spacial score (nSPS) is 34.4. The molecular formula is C14H24N2O4. The molecule has 2 N–H and O–H groups in total. The number of carbonyl (C=O) groups excluding carboxylic acids is 1. The standard InChI is InChI=1S/C14H24N2O4/c1-3-14(12(18)19)5-7-16(9-14)13(20)15-6-4-10(2)11(17)8-15/h10-11,17H,3-9H2,1-2H3,(H,18,19). The molecule has 3 unspecified atom stereocenters. The molecule has 6 heteroatoms. The van der Waals surface area contributed by atoms with Crippen molar-refractivity contribution in [2.45, 2.75) is 39.2 Å². The molecule has 20 heavy (non-hydrogen) atoms. The number of carboxylic acid groups (broad SMARTS) is 1. The molecule has 0 aromatic heterocycles. The summed E-state index contributed by atoms with van der Waals surface area (Å²) in [7, 11) is 0. The minimum Gasteiger partial charge on any atom is -0.481 e. The summed E-state index contributed by atoms with van der Waals surface area (Å²) in [4.78, 5) is 27.1. The molecule has 2 aliphatic heterocycles.